The molecular formula is C12H13N7O6. The minimum atomic E-state index is -0.893. The lowest BCUT2D eigenvalue weighted by Crippen LogP contribution is -2.31. The molecule has 0 fully saturated rings. The van der Waals surface area contributed by atoms with Crippen molar-refractivity contribution in [3.63, 3.8) is 0 Å². The van der Waals surface area contributed by atoms with E-state index in [1.165, 1.54) is 19.1 Å². The number of ether oxygens (including phenoxy) is 1. The van der Waals surface area contributed by atoms with Gasteiger partial charge in [-0.1, -0.05) is 0 Å². The summed E-state index contributed by atoms with van der Waals surface area (Å²) < 4.78 is 4.77. The number of aryl methyl sites for hydroxylation is 1. The van der Waals surface area contributed by atoms with E-state index in [-0.39, 0.29) is 37.1 Å². The van der Waals surface area contributed by atoms with Gasteiger partial charge in [0.05, 0.1) is 11.3 Å². The third kappa shape index (κ3) is 6.86. The highest BCUT2D eigenvalue weighted by Gasteiger charge is 2.12. The van der Waals surface area contributed by atoms with Crippen molar-refractivity contribution >= 4 is 30.2 Å². The zero-order valence-electron chi connectivity index (χ0n) is 12.9. The van der Waals surface area contributed by atoms with Gasteiger partial charge in [0, 0.05) is 0 Å². The summed E-state index contributed by atoms with van der Waals surface area (Å²) in [5.41, 5.74) is -0.360. The molecule has 4 N–H and O–H groups in total. The SMILES string of the molecule is Cc1nc(NC(=O)NCN=C=O)[nH]c(=O)c1COC(=O)NCN=C=O. The Morgan fingerprint density at radius 1 is 1.20 bits per heavy atom. The van der Waals surface area contributed by atoms with E-state index in [1.54, 1.807) is 0 Å². The van der Waals surface area contributed by atoms with Crippen LogP contribution in [0.4, 0.5) is 15.5 Å². The van der Waals surface area contributed by atoms with E-state index in [0.717, 1.165) is 0 Å². The molecule has 1 aromatic heterocycles. The van der Waals surface area contributed by atoms with Gasteiger partial charge in [-0.05, 0) is 6.92 Å². The largest absolute Gasteiger partial charge is 0.444 e. The molecule has 0 radical (unpaired) electrons. The fraction of sp³-hybridized carbons (Fsp3) is 0.333. The van der Waals surface area contributed by atoms with E-state index in [0.29, 0.717) is 0 Å². The Hall–Kier alpha value is -3.82. The lowest BCUT2D eigenvalue weighted by Gasteiger charge is -2.09. The van der Waals surface area contributed by atoms with Crippen molar-refractivity contribution in [2.45, 2.75) is 13.5 Å². The van der Waals surface area contributed by atoms with Crippen LogP contribution in [0.25, 0.3) is 0 Å². The van der Waals surface area contributed by atoms with Crippen LogP contribution in [0, 0.1) is 6.92 Å². The van der Waals surface area contributed by atoms with Crippen molar-refractivity contribution in [2.75, 3.05) is 18.7 Å². The van der Waals surface area contributed by atoms with Gasteiger partial charge in [-0.25, -0.2) is 24.2 Å². The van der Waals surface area contributed by atoms with Gasteiger partial charge in [-0.3, -0.25) is 15.1 Å². The van der Waals surface area contributed by atoms with Gasteiger partial charge in [-0.15, -0.1) is 0 Å². The quantitative estimate of drug-likeness (QED) is 0.359. The van der Waals surface area contributed by atoms with Crippen molar-refractivity contribution in [1.82, 2.24) is 20.6 Å². The lowest BCUT2D eigenvalue weighted by molar-refractivity contribution is 0.139. The number of rotatable bonds is 7. The highest BCUT2D eigenvalue weighted by atomic mass is 16.5. The second-order valence-electron chi connectivity index (χ2n) is 4.18. The van der Waals surface area contributed by atoms with Gasteiger partial charge in [0.25, 0.3) is 5.56 Å². The van der Waals surface area contributed by atoms with Crippen molar-refractivity contribution in [3.8, 4) is 0 Å². The molecule has 25 heavy (non-hydrogen) atoms. The Morgan fingerprint density at radius 2 is 1.84 bits per heavy atom. The molecule has 0 saturated carbocycles. The minimum Gasteiger partial charge on any atom is -0.444 e. The molecule has 0 aliphatic rings. The standard InChI is InChI=1S/C12H13N7O6/c1-7-8(2-25-12(24)16-4-14-6-21)9(22)18-10(17-7)19-11(23)15-3-13-5-20/h2-4H2,1H3,(H,16,24)(H3,15,17,18,19,22,23). The number of aromatic amines is 1. The molecule has 3 amide bonds. The van der Waals surface area contributed by atoms with Crippen molar-refractivity contribution < 1.29 is 23.9 Å². The summed E-state index contributed by atoms with van der Waals surface area (Å²) in [6.07, 6.45) is 1.57. The smallest absolute Gasteiger partial charge is 0.408 e. The average Bonchev–Trinajstić information content (AvgIpc) is 2.54. The summed E-state index contributed by atoms with van der Waals surface area (Å²) in [5, 5.41) is 6.56. The predicted molar refractivity (Wildman–Crippen MR) is 81.0 cm³/mol. The molecule has 132 valence electrons. The molecule has 0 aromatic carbocycles. The van der Waals surface area contributed by atoms with Crippen molar-refractivity contribution in [3.05, 3.63) is 21.6 Å². The highest BCUT2D eigenvalue weighted by Crippen LogP contribution is 2.04. The molecule has 13 nitrogen and oxygen atoms in total. The van der Waals surface area contributed by atoms with Crippen LogP contribution in [-0.4, -0.2) is 47.6 Å². The molecule has 1 rings (SSSR count). The number of anilines is 1. The zero-order chi connectivity index (χ0) is 18.7. The number of alkyl carbamates (subject to hydrolysis) is 1. The Kier molecular flexibility index (Phi) is 7.73. The molecule has 0 saturated heterocycles. The van der Waals surface area contributed by atoms with Gasteiger partial charge in [0.15, 0.2) is 0 Å². The number of hydrogen-bond acceptors (Lipinski definition) is 9. The molecular weight excluding hydrogens is 338 g/mol. The van der Waals surface area contributed by atoms with E-state index >= 15 is 0 Å². The van der Waals surface area contributed by atoms with Gasteiger partial charge >= 0.3 is 12.1 Å². The highest BCUT2D eigenvalue weighted by molar-refractivity contribution is 5.87. The molecule has 0 aliphatic heterocycles. The number of nitrogens with one attached hydrogen (secondary N) is 4. The normalized spacial score (nSPS) is 9.16. The summed E-state index contributed by atoms with van der Waals surface area (Å²) in [6.45, 7) is 0.503. The van der Waals surface area contributed by atoms with Crippen LogP contribution in [0.5, 0.6) is 0 Å². The summed E-state index contributed by atoms with van der Waals surface area (Å²) in [4.78, 5) is 66.8. The van der Waals surface area contributed by atoms with Crippen LogP contribution in [0.15, 0.2) is 14.8 Å². The first-order valence-corrected chi connectivity index (χ1v) is 6.60. The van der Waals surface area contributed by atoms with Crippen LogP contribution in [0.3, 0.4) is 0 Å². The van der Waals surface area contributed by atoms with Gasteiger partial charge in [-0.2, -0.15) is 9.98 Å². The van der Waals surface area contributed by atoms with Crippen LogP contribution in [0.2, 0.25) is 0 Å². The number of carbonyl (C=O) groups excluding carboxylic acids is 4. The molecule has 0 bridgehead atoms. The number of aliphatic imine (C=N–C) groups is 2. The number of carbonyl (C=O) groups is 2. The molecule has 1 aromatic rings. The lowest BCUT2D eigenvalue weighted by atomic mass is 10.2. The maximum Gasteiger partial charge on any atom is 0.408 e. The number of amides is 3. The summed E-state index contributed by atoms with van der Waals surface area (Å²) in [5.74, 6) is -0.149. The number of nitrogens with zero attached hydrogens (tertiary/aromatic N) is 3. The van der Waals surface area contributed by atoms with Gasteiger partial charge in [0.1, 0.15) is 19.9 Å². The third-order valence-electron chi connectivity index (χ3n) is 2.55. The fourth-order valence-electron chi connectivity index (χ4n) is 1.46. The second-order valence-corrected chi connectivity index (χ2v) is 4.18. The number of hydrogen-bond donors (Lipinski definition) is 4. The van der Waals surface area contributed by atoms with E-state index < -0.39 is 17.7 Å². The van der Waals surface area contributed by atoms with E-state index in [9.17, 15) is 24.0 Å². The van der Waals surface area contributed by atoms with Crippen LogP contribution in [0.1, 0.15) is 11.3 Å². The molecule has 0 atom stereocenters. The first-order chi connectivity index (χ1) is 12.0. The molecule has 0 spiro atoms. The van der Waals surface area contributed by atoms with Gasteiger partial charge in [0.2, 0.25) is 18.1 Å². The molecule has 1 heterocycles. The van der Waals surface area contributed by atoms with Crippen molar-refractivity contribution in [2.24, 2.45) is 9.98 Å². The first kappa shape index (κ1) is 19.2. The molecule has 13 heteroatoms. The topological polar surface area (TPSA) is 184 Å². The minimum absolute atomic E-state index is 0.0607. The van der Waals surface area contributed by atoms with Crippen LogP contribution < -0.4 is 21.5 Å². The summed E-state index contributed by atoms with van der Waals surface area (Å²) >= 11 is 0. The zero-order valence-corrected chi connectivity index (χ0v) is 12.9. The number of urea groups is 1. The summed E-state index contributed by atoms with van der Waals surface area (Å²) in [6, 6.07) is -0.749. The van der Waals surface area contributed by atoms with E-state index in [2.05, 4.69) is 35.9 Å². The number of aromatic nitrogens is 2. The Morgan fingerprint density at radius 3 is 2.44 bits per heavy atom. The number of isocyanates is 2. The van der Waals surface area contributed by atoms with Gasteiger partial charge < -0.3 is 15.4 Å². The fourth-order valence-corrected chi connectivity index (χ4v) is 1.46. The number of H-pyrrole nitrogens is 1. The van der Waals surface area contributed by atoms with E-state index in [1.807, 2.05) is 0 Å². The average molecular weight is 351 g/mol. The Balaban J connectivity index is 2.67. The van der Waals surface area contributed by atoms with E-state index in [4.69, 9.17) is 4.74 Å². The second kappa shape index (κ2) is 10.0. The maximum atomic E-state index is 12.0. The Labute approximate surface area is 139 Å². The monoisotopic (exact) mass is 351 g/mol. The third-order valence-corrected chi connectivity index (χ3v) is 2.55. The van der Waals surface area contributed by atoms with Crippen molar-refractivity contribution in [1.29, 1.82) is 0 Å². The molecule has 0 unspecified atom stereocenters. The predicted octanol–water partition coefficient (Wildman–Crippen LogP) is -0.987. The van der Waals surface area contributed by atoms with Crippen LogP contribution >= 0.6 is 0 Å². The van der Waals surface area contributed by atoms with Crippen LogP contribution in [-0.2, 0) is 20.9 Å². The Bertz CT molecular complexity index is 792. The first-order valence-electron chi connectivity index (χ1n) is 6.60. The molecule has 0 aliphatic carbocycles. The summed E-state index contributed by atoms with van der Waals surface area (Å²) in [7, 11) is 0. The maximum absolute atomic E-state index is 12.0.